The summed E-state index contributed by atoms with van der Waals surface area (Å²) in [5, 5.41) is 8.04. The number of nitrogens with one attached hydrogen (secondary N) is 1. The van der Waals surface area contributed by atoms with Crippen molar-refractivity contribution >= 4 is 5.71 Å². The summed E-state index contributed by atoms with van der Waals surface area (Å²) in [6.07, 6.45) is 0. The van der Waals surface area contributed by atoms with Gasteiger partial charge in [0.1, 0.15) is 0 Å². The molecular formula is C14H13N. The van der Waals surface area contributed by atoms with E-state index >= 15 is 0 Å². The smallest absolute Gasteiger partial charge is 0.0684 e. The molecule has 0 aliphatic heterocycles. The maximum Gasteiger partial charge on any atom is 0.0684 e. The van der Waals surface area contributed by atoms with Crippen molar-refractivity contribution in [1.29, 1.82) is 5.41 Å². The third-order valence-electron chi connectivity index (χ3n) is 2.40. The second kappa shape index (κ2) is 4.09. The summed E-state index contributed by atoms with van der Waals surface area (Å²) in [6, 6.07) is 17.8. The monoisotopic (exact) mass is 195 g/mol. The first-order valence-corrected chi connectivity index (χ1v) is 4.98. The molecule has 0 unspecified atom stereocenters. The lowest BCUT2D eigenvalue weighted by Crippen LogP contribution is -2.00. The van der Waals surface area contributed by atoms with Crippen molar-refractivity contribution < 1.29 is 0 Å². The number of hydrogen-bond donors (Lipinski definition) is 1. The highest BCUT2D eigenvalue weighted by Crippen LogP contribution is 2.10. The fraction of sp³-hybridized carbons (Fsp3) is 0.0714. The van der Waals surface area contributed by atoms with Crippen molar-refractivity contribution in [1.82, 2.24) is 0 Å². The summed E-state index contributed by atoms with van der Waals surface area (Å²) in [4.78, 5) is 0. The summed E-state index contributed by atoms with van der Waals surface area (Å²) in [5.74, 6) is 0. The molecule has 0 heterocycles. The van der Waals surface area contributed by atoms with Crippen LogP contribution >= 0.6 is 0 Å². The summed E-state index contributed by atoms with van der Waals surface area (Å²) in [5.41, 5.74) is 3.73. The number of benzene rings is 2. The van der Waals surface area contributed by atoms with Gasteiger partial charge >= 0.3 is 0 Å². The largest absolute Gasteiger partial charge is 0.300 e. The van der Waals surface area contributed by atoms with Crippen LogP contribution in [0.3, 0.4) is 0 Å². The van der Waals surface area contributed by atoms with Crippen LogP contribution in [0.5, 0.6) is 0 Å². The molecular weight excluding hydrogens is 182 g/mol. The van der Waals surface area contributed by atoms with Crippen molar-refractivity contribution in [3.05, 3.63) is 71.3 Å². The van der Waals surface area contributed by atoms with E-state index in [1.807, 2.05) is 54.6 Å². The van der Waals surface area contributed by atoms with Crippen LogP contribution < -0.4 is 0 Å². The zero-order chi connectivity index (χ0) is 10.7. The number of hydrogen-bond acceptors (Lipinski definition) is 1. The van der Waals surface area contributed by atoms with Gasteiger partial charge in [-0.05, 0) is 12.5 Å². The summed E-state index contributed by atoms with van der Waals surface area (Å²) in [7, 11) is 0. The first-order chi connectivity index (χ1) is 7.27. The summed E-state index contributed by atoms with van der Waals surface area (Å²) < 4.78 is 0. The Morgan fingerprint density at radius 1 is 0.800 bits per heavy atom. The van der Waals surface area contributed by atoms with E-state index in [1.54, 1.807) is 0 Å². The summed E-state index contributed by atoms with van der Waals surface area (Å²) >= 11 is 0. The first kappa shape index (κ1) is 9.66. The van der Waals surface area contributed by atoms with Crippen LogP contribution in [0.15, 0.2) is 54.6 Å². The fourth-order valence-electron chi connectivity index (χ4n) is 1.49. The minimum atomic E-state index is 0.579. The molecule has 0 saturated heterocycles. The molecule has 0 spiro atoms. The molecule has 15 heavy (non-hydrogen) atoms. The Morgan fingerprint density at radius 3 is 1.93 bits per heavy atom. The van der Waals surface area contributed by atoms with Crippen LogP contribution in [-0.2, 0) is 0 Å². The molecule has 1 N–H and O–H groups in total. The Hall–Kier alpha value is -1.89. The van der Waals surface area contributed by atoms with E-state index in [4.69, 9.17) is 5.41 Å². The molecule has 1 heteroatoms. The molecule has 0 aliphatic rings. The minimum Gasteiger partial charge on any atom is -0.300 e. The van der Waals surface area contributed by atoms with Gasteiger partial charge in [-0.15, -0.1) is 0 Å². The fourth-order valence-corrected chi connectivity index (χ4v) is 1.49. The van der Waals surface area contributed by atoms with Crippen LogP contribution in [0.2, 0.25) is 0 Å². The van der Waals surface area contributed by atoms with Crippen molar-refractivity contribution in [2.75, 3.05) is 0 Å². The Labute approximate surface area is 89.9 Å². The molecule has 74 valence electrons. The molecule has 0 saturated carbocycles. The second-order valence-electron chi connectivity index (χ2n) is 3.61. The zero-order valence-corrected chi connectivity index (χ0v) is 8.70. The Morgan fingerprint density at radius 2 is 1.33 bits per heavy atom. The minimum absolute atomic E-state index is 0.579. The first-order valence-electron chi connectivity index (χ1n) is 4.98. The van der Waals surface area contributed by atoms with Gasteiger partial charge in [0.2, 0.25) is 0 Å². The van der Waals surface area contributed by atoms with E-state index in [0.29, 0.717) is 5.71 Å². The van der Waals surface area contributed by atoms with Gasteiger partial charge in [0, 0.05) is 5.56 Å². The predicted molar refractivity (Wildman–Crippen MR) is 63.6 cm³/mol. The SMILES string of the molecule is Cc1ccc(C(=N)c2ccccc2)cc1. The van der Waals surface area contributed by atoms with Crippen molar-refractivity contribution in [2.24, 2.45) is 0 Å². The second-order valence-corrected chi connectivity index (χ2v) is 3.61. The lowest BCUT2D eigenvalue weighted by molar-refractivity contribution is 1.42. The van der Waals surface area contributed by atoms with E-state index in [0.717, 1.165) is 11.1 Å². The van der Waals surface area contributed by atoms with E-state index < -0.39 is 0 Å². The van der Waals surface area contributed by atoms with Crippen LogP contribution in [0.4, 0.5) is 0 Å². The van der Waals surface area contributed by atoms with Gasteiger partial charge in [0.15, 0.2) is 0 Å². The predicted octanol–water partition coefficient (Wildman–Crippen LogP) is 3.41. The van der Waals surface area contributed by atoms with Crippen LogP contribution in [0.1, 0.15) is 16.7 Å². The van der Waals surface area contributed by atoms with Gasteiger partial charge in [-0.25, -0.2) is 0 Å². The lowest BCUT2D eigenvalue weighted by atomic mass is 10.0. The van der Waals surface area contributed by atoms with Crippen molar-refractivity contribution in [3.8, 4) is 0 Å². The Kier molecular flexibility index (Phi) is 2.64. The van der Waals surface area contributed by atoms with E-state index in [2.05, 4.69) is 6.92 Å². The normalized spacial score (nSPS) is 9.93. The molecule has 0 aliphatic carbocycles. The molecule has 2 aromatic rings. The lowest BCUT2D eigenvalue weighted by Gasteiger charge is -2.04. The third kappa shape index (κ3) is 2.13. The quantitative estimate of drug-likeness (QED) is 0.710. The van der Waals surface area contributed by atoms with Gasteiger partial charge < -0.3 is 0 Å². The average molecular weight is 195 g/mol. The highest BCUT2D eigenvalue weighted by Gasteiger charge is 2.02. The molecule has 0 fully saturated rings. The number of rotatable bonds is 2. The molecule has 2 aromatic carbocycles. The van der Waals surface area contributed by atoms with Crippen LogP contribution in [0, 0.1) is 12.3 Å². The van der Waals surface area contributed by atoms with E-state index in [1.165, 1.54) is 5.56 Å². The molecule has 0 radical (unpaired) electrons. The highest BCUT2D eigenvalue weighted by molar-refractivity contribution is 6.10. The maximum atomic E-state index is 8.04. The van der Waals surface area contributed by atoms with Gasteiger partial charge in [0.05, 0.1) is 5.71 Å². The number of aryl methyl sites for hydroxylation is 1. The summed E-state index contributed by atoms with van der Waals surface area (Å²) in [6.45, 7) is 2.05. The van der Waals surface area contributed by atoms with Gasteiger partial charge in [-0.2, -0.15) is 0 Å². The average Bonchev–Trinajstić information content (AvgIpc) is 2.30. The van der Waals surface area contributed by atoms with Crippen molar-refractivity contribution in [3.63, 3.8) is 0 Å². The van der Waals surface area contributed by atoms with Crippen LogP contribution in [-0.4, -0.2) is 5.71 Å². The molecule has 0 amide bonds. The molecule has 2 rings (SSSR count). The standard InChI is InChI=1S/C14H13N/c1-11-7-9-13(10-8-11)14(15)12-5-3-2-4-6-12/h2-10,15H,1H3. The Bertz CT molecular complexity index is 454. The molecule has 0 aromatic heterocycles. The van der Waals surface area contributed by atoms with Gasteiger partial charge in [0.25, 0.3) is 0 Å². The molecule has 0 bridgehead atoms. The zero-order valence-electron chi connectivity index (χ0n) is 8.70. The molecule has 1 nitrogen and oxygen atoms in total. The van der Waals surface area contributed by atoms with Crippen molar-refractivity contribution in [2.45, 2.75) is 6.92 Å². The molecule has 0 atom stereocenters. The third-order valence-corrected chi connectivity index (χ3v) is 2.40. The highest BCUT2D eigenvalue weighted by atomic mass is 14.4. The van der Waals surface area contributed by atoms with E-state index in [-0.39, 0.29) is 0 Å². The Balaban J connectivity index is 2.33. The van der Waals surface area contributed by atoms with Crippen LogP contribution in [0.25, 0.3) is 0 Å². The van der Waals surface area contributed by atoms with E-state index in [9.17, 15) is 0 Å². The van der Waals surface area contributed by atoms with Gasteiger partial charge in [-0.1, -0.05) is 60.2 Å². The topological polar surface area (TPSA) is 23.9 Å². The maximum absolute atomic E-state index is 8.04. The van der Waals surface area contributed by atoms with Gasteiger partial charge in [-0.3, -0.25) is 5.41 Å².